The number of amides is 1. The molecule has 3 N–H and O–H groups in total. The molecule has 0 aliphatic carbocycles. The highest BCUT2D eigenvalue weighted by atomic mass is 32.2. The van der Waals surface area contributed by atoms with Crippen molar-refractivity contribution in [1.82, 2.24) is 14.5 Å². The van der Waals surface area contributed by atoms with Crippen molar-refractivity contribution < 1.29 is 22.7 Å². The number of ether oxygens (including phenoxy) is 2. The van der Waals surface area contributed by atoms with Crippen molar-refractivity contribution in [3.8, 4) is 17.4 Å². The number of nitrogens with zero attached hydrogens (tertiary/aromatic N) is 3. The summed E-state index contributed by atoms with van der Waals surface area (Å²) in [6, 6.07) is 22.4. The molecule has 0 saturated carbocycles. The molecule has 12 heteroatoms. The van der Waals surface area contributed by atoms with Gasteiger partial charge in [0, 0.05) is 31.2 Å². The third-order valence-electron chi connectivity index (χ3n) is 7.09. The lowest BCUT2D eigenvalue weighted by Crippen LogP contribution is -2.19. The quantitative estimate of drug-likeness (QED) is 0.164. The van der Waals surface area contributed by atoms with Crippen LogP contribution in [0.2, 0.25) is 0 Å². The summed E-state index contributed by atoms with van der Waals surface area (Å²) in [6.45, 7) is 6.55. The van der Waals surface area contributed by atoms with Crippen molar-refractivity contribution in [3.05, 3.63) is 95.8 Å². The minimum atomic E-state index is -3.62. The van der Waals surface area contributed by atoms with Crippen LogP contribution >= 0.6 is 0 Å². The number of rotatable bonds is 10. The predicted molar refractivity (Wildman–Crippen MR) is 177 cm³/mol. The minimum absolute atomic E-state index is 0.199. The predicted octanol–water partition coefficient (Wildman–Crippen LogP) is 6.30. The number of aryl methyl sites for hydroxylation is 1. The molecular formula is C33H36N6O5S. The van der Waals surface area contributed by atoms with Crippen LogP contribution in [0.25, 0.3) is 10.9 Å². The van der Waals surface area contributed by atoms with E-state index >= 15 is 0 Å². The summed E-state index contributed by atoms with van der Waals surface area (Å²) in [5, 5.41) is 6.93. The number of carbonyl (C=O) groups is 1. The van der Waals surface area contributed by atoms with Gasteiger partial charge >= 0.3 is 0 Å². The zero-order valence-corrected chi connectivity index (χ0v) is 26.8. The number of carbonyl (C=O) groups excluding carboxylic acids is 1. The van der Waals surface area contributed by atoms with Crippen LogP contribution in [0.5, 0.6) is 17.4 Å². The average Bonchev–Trinajstić information content (AvgIpc) is 3.33. The van der Waals surface area contributed by atoms with Crippen molar-refractivity contribution >= 4 is 44.2 Å². The Bertz CT molecular complexity index is 1970. The van der Waals surface area contributed by atoms with Gasteiger partial charge in [0.1, 0.15) is 5.69 Å². The molecule has 0 aliphatic rings. The summed E-state index contributed by atoms with van der Waals surface area (Å²) in [6.07, 6.45) is 2.68. The molecule has 5 aromatic rings. The summed E-state index contributed by atoms with van der Waals surface area (Å²) in [5.74, 6) is 1.06. The molecule has 0 atom stereocenters. The van der Waals surface area contributed by atoms with Gasteiger partial charge in [0.25, 0.3) is 5.91 Å². The third-order valence-corrected chi connectivity index (χ3v) is 7.68. The van der Waals surface area contributed by atoms with Gasteiger partial charge in [-0.05, 0) is 40.8 Å². The molecular weight excluding hydrogens is 592 g/mol. The molecule has 45 heavy (non-hydrogen) atoms. The van der Waals surface area contributed by atoms with Gasteiger partial charge in [-0.3, -0.25) is 9.52 Å². The van der Waals surface area contributed by atoms with Crippen molar-refractivity contribution in [1.29, 1.82) is 0 Å². The highest BCUT2D eigenvalue weighted by molar-refractivity contribution is 7.92. The molecule has 1 amide bonds. The van der Waals surface area contributed by atoms with E-state index < -0.39 is 15.9 Å². The second-order valence-electron chi connectivity index (χ2n) is 11.6. The number of methoxy groups -OCH3 is 1. The first-order valence-electron chi connectivity index (χ1n) is 14.2. The fourth-order valence-corrected chi connectivity index (χ4v) is 5.44. The molecule has 0 bridgehead atoms. The van der Waals surface area contributed by atoms with Gasteiger partial charge in [-0.2, -0.15) is 4.98 Å². The fourth-order valence-electron chi connectivity index (χ4n) is 4.89. The van der Waals surface area contributed by atoms with Gasteiger partial charge in [0.2, 0.25) is 21.9 Å². The Balaban J connectivity index is 1.44. The Hall–Kier alpha value is -5.10. The van der Waals surface area contributed by atoms with E-state index in [2.05, 4.69) is 25.3 Å². The molecule has 0 aliphatic heterocycles. The molecule has 5 rings (SSSR count). The molecule has 0 fully saturated rings. The zero-order chi connectivity index (χ0) is 32.4. The number of sulfonamides is 1. The topological polar surface area (TPSA) is 136 Å². The van der Waals surface area contributed by atoms with Gasteiger partial charge < -0.3 is 24.7 Å². The van der Waals surface area contributed by atoms with Crippen LogP contribution in [0.3, 0.4) is 0 Å². The summed E-state index contributed by atoms with van der Waals surface area (Å²) in [4.78, 5) is 22.5. The van der Waals surface area contributed by atoms with Crippen molar-refractivity contribution in [3.63, 3.8) is 0 Å². The SMILES string of the molecule is COc1c(NC(=O)c2cc3cccc(Oc4ccnc(NCc5ccccc5)n4)c3n2C)cc(C(C)(C)C)cc1NS(C)(=O)=O. The van der Waals surface area contributed by atoms with Crippen LogP contribution < -0.4 is 24.8 Å². The second kappa shape index (κ2) is 12.5. The lowest BCUT2D eigenvalue weighted by molar-refractivity contribution is 0.101. The summed E-state index contributed by atoms with van der Waals surface area (Å²) in [5.41, 5.74) is 3.17. The molecule has 234 valence electrons. The average molecular weight is 629 g/mol. The highest BCUT2D eigenvalue weighted by Gasteiger charge is 2.24. The first-order valence-corrected chi connectivity index (χ1v) is 16.1. The van der Waals surface area contributed by atoms with Gasteiger partial charge in [-0.15, -0.1) is 0 Å². The summed E-state index contributed by atoms with van der Waals surface area (Å²) in [7, 11) is -0.421. The lowest BCUT2D eigenvalue weighted by atomic mass is 9.86. The molecule has 0 saturated heterocycles. The number of para-hydroxylation sites is 1. The van der Waals surface area contributed by atoms with Crippen LogP contribution in [0.4, 0.5) is 17.3 Å². The van der Waals surface area contributed by atoms with E-state index in [1.807, 2.05) is 69.3 Å². The third kappa shape index (κ3) is 7.35. The standard InChI is InChI=1S/C33H36N6O5S/c1-33(2,3)23-18-24(30(43-5)25(19-23)38-45(6,41)42)36-31(40)26-17-22-13-10-14-27(29(22)39(26)4)44-28-15-16-34-32(37-28)35-20-21-11-8-7-9-12-21/h7-19,38H,20H2,1-6H3,(H,36,40)(H,34,35,37). The normalized spacial score (nSPS) is 11.7. The van der Waals surface area contributed by atoms with E-state index in [9.17, 15) is 13.2 Å². The number of benzene rings is 3. The molecule has 11 nitrogen and oxygen atoms in total. The number of hydrogen-bond donors (Lipinski definition) is 3. The Kier molecular flexibility index (Phi) is 8.69. The van der Waals surface area contributed by atoms with Crippen LogP contribution in [0.1, 0.15) is 42.4 Å². The monoisotopic (exact) mass is 628 g/mol. The Labute approximate surface area is 262 Å². The van der Waals surface area contributed by atoms with E-state index in [4.69, 9.17) is 9.47 Å². The number of nitrogens with one attached hydrogen (secondary N) is 3. The maximum Gasteiger partial charge on any atom is 0.272 e. The number of fused-ring (bicyclic) bond motifs is 1. The molecule has 0 spiro atoms. The summed E-state index contributed by atoms with van der Waals surface area (Å²) < 4.78 is 40.3. The number of aromatic nitrogens is 3. The van der Waals surface area contributed by atoms with Gasteiger partial charge in [0.15, 0.2) is 11.5 Å². The van der Waals surface area contributed by atoms with Crippen LogP contribution in [0.15, 0.2) is 79.0 Å². The number of anilines is 3. The first kappa shape index (κ1) is 31.3. The highest BCUT2D eigenvalue weighted by Crippen LogP contribution is 2.40. The van der Waals surface area contributed by atoms with E-state index in [0.29, 0.717) is 41.0 Å². The van der Waals surface area contributed by atoms with Gasteiger partial charge in [-0.25, -0.2) is 13.4 Å². The van der Waals surface area contributed by atoms with E-state index in [1.54, 1.807) is 42.1 Å². The largest absolute Gasteiger partial charge is 0.492 e. The van der Waals surface area contributed by atoms with Crippen LogP contribution in [0, 0.1) is 0 Å². The maximum absolute atomic E-state index is 13.7. The summed E-state index contributed by atoms with van der Waals surface area (Å²) >= 11 is 0. The second-order valence-corrected chi connectivity index (χ2v) is 13.4. The van der Waals surface area contributed by atoms with Gasteiger partial charge in [0.05, 0.1) is 30.3 Å². The van der Waals surface area contributed by atoms with E-state index in [0.717, 1.165) is 22.8 Å². The van der Waals surface area contributed by atoms with Gasteiger partial charge in [-0.1, -0.05) is 63.2 Å². The number of hydrogen-bond acceptors (Lipinski definition) is 8. The van der Waals surface area contributed by atoms with E-state index in [1.165, 1.54) is 7.11 Å². The van der Waals surface area contributed by atoms with E-state index in [-0.39, 0.29) is 16.9 Å². The van der Waals surface area contributed by atoms with Crippen molar-refractivity contribution in [2.45, 2.75) is 32.7 Å². The van der Waals surface area contributed by atoms with Crippen LogP contribution in [-0.2, 0) is 29.0 Å². The Morgan fingerprint density at radius 1 is 0.978 bits per heavy atom. The Morgan fingerprint density at radius 3 is 2.40 bits per heavy atom. The fraction of sp³-hybridized carbons (Fsp3) is 0.242. The van der Waals surface area contributed by atoms with Crippen LogP contribution in [-0.4, -0.2) is 42.2 Å². The first-order chi connectivity index (χ1) is 21.3. The lowest BCUT2D eigenvalue weighted by Gasteiger charge is -2.24. The zero-order valence-electron chi connectivity index (χ0n) is 26.0. The molecule has 0 radical (unpaired) electrons. The smallest absolute Gasteiger partial charge is 0.272 e. The molecule has 3 aromatic carbocycles. The Morgan fingerprint density at radius 2 is 1.71 bits per heavy atom. The molecule has 2 heterocycles. The maximum atomic E-state index is 13.7. The molecule has 0 unspecified atom stereocenters. The molecule has 2 aromatic heterocycles. The van der Waals surface area contributed by atoms with Crippen molar-refractivity contribution in [2.75, 3.05) is 28.7 Å². The minimum Gasteiger partial charge on any atom is -0.492 e. The van der Waals surface area contributed by atoms with Crippen molar-refractivity contribution in [2.24, 2.45) is 7.05 Å².